The van der Waals surface area contributed by atoms with Crippen LogP contribution in [0.4, 0.5) is 0 Å². The van der Waals surface area contributed by atoms with Crippen molar-refractivity contribution in [3.63, 3.8) is 0 Å². The Kier molecular flexibility index (Phi) is 2.62. The van der Waals surface area contributed by atoms with Gasteiger partial charge in [0.1, 0.15) is 5.75 Å². The summed E-state index contributed by atoms with van der Waals surface area (Å²) in [5.74, 6) is 1.19. The summed E-state index contributed by atoms with van der Waals surface area (Å²) in [5.41, 5.74) is 4.13. The molecular formula is C15H20O. The van der Waals surface area contributed by atoms with Crippen molar-refractivity contribution in [1.82, 2.24) is 0 Å². The molecule has 86 valence electrons. The Morgan fingerprint density at radius 1 is 0.875 bits per heavy atom. The smallest absolute Gasteiger partial charge is 0.119 e. The van der Waals surface area contributed by atoms with Crippen LogP contribution in [0.1, 0.15) is 61.1 Å². The third-order valence-corrected chi connectivity index (χ3v) is 4.29. The van der Waals surface area contributed by atoms with Gasteiger partial charge in [-0.1, -0.05) is 18.9 Å². The third kappa shape index (κ3) is 1.73. The van der Waals surface area contributed by atoms with Crippen LogP contribution in [0.5, 0.6) is 5.75 Å². The molecule has 0 aliphatic heterocycles. The Morgan fingerprint density at radius 2 is 1.50 bits per heavy atom. The molecule has 0 atom stereocenters. The fourth-order valence-electron chi connectivity index (χ4n) is 3.36. The molecule has 0 saturated heterocycles. The first-order valence-corrected chi connectivity index (χ1v) is 6.69. The Bertz CT molecular complexity index is 389. The van der Waals surface area contributed by atoms with Crippen LogP contribution in [-0.2, 0) is 12.8 Å². The molecule has 1 saturated carbocycles. The van der Waals surface area contributed by atoms with E-state index in [1.54, 1.807) is 0 Å². The summed E-state index contributed by atoms with van der Waals surface area (Å²) in [6, 6.07) is 4.35. The molecule has 1 fully saturated rings. The lowest BCUT2D eigenvalue weighted by atomic mass is 9.86. The highest BCUT2D eigenvalue weighted by molar-refractivity contribution is 5.45. The average Bonchev–Trinajstić information content (AvgIpc) is 2.81. The number of aromatic hydroxyl groups is 1. The SMILES string of the molecule is Oc1cc2c(cc1C1CCCC1)CCCC2. The van der Waals surface area contributed by atoms with E-state index in [0.29, 0.717) is 11.7 Å². The van der Waals surface area contributed by atoms with E-state index in [9.17, 15) is 5.11 Å². The van der Waals surface area contributed by atoms with E-state index >= 15 is 0 Å². The second-order valence-electron chi connectivity index (χ2n) is 5.37. The molecule has 0 amide bonds. The molecule has 1 N–H and O–H groups in total. The molecule has 0 radical (unpaired) electrons. The van der Waals surface area contributed by atoms with E-state index in [0.717, 1.165) is 6.42 Å². The van der Waals surface area contributed by atoms with Gasteiger partial charge in [-0.2, -0.15) is 0 Å². The summed E-state index contributed by atoms with van der Waals surface area (Å²) in [6.45, 7) is 0. The van der Waals surface area contributed by atoms with Crippen molar-refractivity contribution in [2.75, 3.05) is 0 Å². The maximum atomic E-state index is 10.1. The van der Waals surface area contributed by atoms with E-state index in [2.05, 4.69) is 6.07 Å². The summed E-state index contributed by atoms with van der Waals surface area (Å²) in [5, 5.41) is 10.1. The first kappa shape index (κ1) is 10.2. The van der Waals surface area contributed by atoms with Gasteiger partial charge in [-0.05, 0) is 67.2 Å². The van der Waals surface area contributed by atoms with Crippen LogP contribution in [0.3, 0.4) is 0 Å². The highest BCUT2D eigenvalue weighted by Crippen LogP contribution is 2.40. The fourth-order valence-corrected chi connectivity index (χ4v) is 3.36. The zero-order valence-corrected chi connectivity index (χ0v) is 9.84. The van der Waals surface area contributed by atoms with Gasteiger partial charge in [-0.25, -0.2) is 0 Å². The molecule has 1 aromatic carbocycles. The fraction of sp³-hybridized carbons (Fsp3) is 0.600. The Balaban J connectivity index is 1.98. The van der Waals surface area contributed by atoms with Crippen LogP contribution in [-0.4, -0.2) is 5.11 Å². The van der Waals surface area contributed by atoms with Crippen LogP contribution in [0.25, 0.3) is 0 Å². The molecule has 0 spiro atoms. The minimum atomic E-state index is 0.563. The standard InChI is InChI=1S/C15H20O/c16-15-10-13-8-4-3-7-12(13)9-14(15)11-5-1-2-6-11/h9-11,16H,1-8H2. The van der Waals surface area contributed by atoms with Crippen LogP contribution >= 0.6 is 0 Å². The number of phenolic OH excluding ortho intramolecular Hbond substituents is 1. The topological polar surface area (TPSA) is 20.2 Å². The van der Waals surface area contributed by atoms with Crippen molar-refractivity contribution in [2.24, 2.45) is 0 Å². The number of rotatable bonds is 1. The Hall–Kier alpha value is -0.980. The molecule has 2 aliphatic carbocycles. The Labute approximate surface area is 97.5 Å². The molecule has 1 nitrogen and oxygen atoms in total. The van der Waals surface area contributed by atoms with Crippen molar-refractivity contribution >= 4 is 0 Å². The van der Waals surface area contributed by atoms with Gasteiger partial charge >= 0.3 is 0 Å². The van der Waals surface area contributed by atoms with Crippen LogP contribution < -0.4 is 0 Å². The Morgan fingerprint density at radius 3 is 2.19 bits per heavy atom. The zero-order chi connectivity index (χ0) is 11.0. The molecule has 3 rings (SSSR count). The van der Waals surface area contributed by atoms with Gasteiger partial charge in [0.05, 0.1) is 0 Å². The van der Waals surface area contributed by atoms with Gasteiger partial charge < -0.3 is 5.11 Å². The molecule has 0 heterocycles. The molecule has 2 aliphatic rings. The number of aryl methyl sites for hydroxylation is 2. The third-order valence-electron chi connectivity index (χ3n) is 4.29. The summed E-state index contributed by atoms with van der Waals surface area (Å²) < 4.78 is 0. The van der Waals surface area contributed by atoms with E-state index in [1.165, 1.54) is 61.6 Å². The maximum Gasteiger partial charge on any atom is 0.119 e. The minimum absolute atomic E-state index is 0.563. The van der Waals surface area contributed by atoms with Gasteiger partial charge in [0, 0.05) is 0 Å². The van der Waals surface area contributed by atoms with Crippen LogP contribution in [0.15, 0.2) is 12.1 Å². The van der Waals surface area contributed by atoms with E-state index in [-0.39, 0.29) is 0 Å². The summed E-state index contributed by atoms with van der Waals surface area (Å²) >= 11 is 0. The summed E-state index contributed by atoms with van der Waals surface area (Å²) in [7, 11) is 0. The summed E-state index contributed by atoms with van der Waals surface area (Å²) in [6.07, 6.45) is 10.2. The lowest BCUT2D eigenvalue weighted by molar-refractivity contribution is 0.458. The number of benzene rings is 1. The molecule has 16 heavy (non-hydrogen) atoms. The highest BCUT2D eigenvalue weighted by Gasteiger charge is 2.22. The van der Waals surface area contributed by atoms with E-state index < -0.39 is 0 Å². The molecule has 0 aromatic heterocycles. The molecule has 0 unspecified atom stereocenters. The number of phenols is 1. The highest BCUT2D eigenvalue weighted by atomic mass is 16.3. The second kappa shape index (κ2) is 4.12. The minimum Gasteiger partial charge on any atom is -0.508 e. The van der Waals surface area contributed by atoms with Crippen molar-refractivity contribution in [3.8, 4) is 5.75 Å². The van der Waals surface area contributed by atoms with Crippen molar-refractivity contribution in [1.29, 1.82) is 0 Å². The zero-order valence-electron chi connectivity index (χ0n) is 9.84. The van der Waals surface area contributed by atoms with Gasteiger partial charge in [-0.3, -0.25) is 0 Å². The van der Waals surface area contributed by atoms with E-state index in [1.807, 2.05) is 6.07 Å². The molecular weight excluding hydrogens is 196 g/mol. The number of fused-ring (bicyclic) bond motifs is 1. The number of hydrogen-bond donors (Lipinski definition) is 1. The maximum absolute atomic E-state index is 10.1. The van der Waals surface area contributed by atoms with Gasteiger partial charge in [-0.15, -0.1) is 0 Å². The largest absolute Gasteiger partial charge is 0.508 e. The average molecular weight is 216 g/mol. The monoisotopic (exact) mass is 216 g/mol. The summed E-state index contributed by atoms with van der Waals surface area (Å²) in [4.78, 5) is 0. The molecule has 1 heteroatoms. The van der Waals surface area contributed by atoms with Gasteiger partial charge in [0.25, 0.3) is 0 Å². The van der Waals surface area contributed by atoms with E-state index in [4.69, 9.17) is 0 Å². The van der Waals surface area contributed by atoms with Crippen molar-refractivity contribution in [3.05, 3.63) is 28.8 Å². The quantitative estimate of drug-likeness (QED) is 0.754. The molecule has 1 aromatic rings. The predicted molar refractivity (Wildman–Crippen MR) is 66.0 cm³/mol. The van der Waals surface area contributed by atoms with Crippen molar-refractivity contribution < 1.29 is 5.11 Å². The second-order valence-corrected chi connectivity index (χ2v) is 5.37. The first-order chi connectivity index (χ1) is 7.84. The van der Waals surface area contributed by atoms with Gasteiger partial charge in [0.15, 0.2) is 0 Å². The lowest BCUT2D eigenvalue weighted by Gasteiger charge is -2.20. The van der Waals surface area contributed by atoms with Crippen LogP contribution in [0.2, 0.25) is 0 Å². The van der Waals surface area contributed by atoms with Crippen molar-refractivity contribution in [2.45, 2.75) is 57.3 Å². The molecule has 0 bridgehead atoms. The number of hydrogen-bond acceptors (Lipinski definition) is 1. The predicted octanol–water partition coefficient (Wildman–Crippen LogP) is 3.93. The first-order valence-electron chi connectivity index (χ1n) is 6.69. The lowest BCUT2D eigenvalue weighted by Crippen LogP contribution is -2.05. The van der Waals surface area contributed by atoms with Gasteiger partial charge in [0.2, 0.25) is 0 Å². The van der Waals surface area contributed by atoms with Crippen LogP contribution in [0, 0.1) is 0 Å². The normalized spacial score (nSPS) is 21.0.